The third-order valence-electron chi connectivity index (χ3n) is 2.12. The van der Waals surface area contributed by atoms with Gasteiger partial charge in [0.05, 0.1) is 11.4 Å². The lowest BCUT2D eigenvalue weighted by Gasteiger charge is -2.01. The van der Waals surface area contributed by atoms with E-state index < -0.39 is 0 Å². The van der Waals surface area contributed by atoms with Crippen molar-refractivity contribution in [1.29, 1.82) is 0 Å². The van der Waals surface area contributed by atoms with Crippen LogP contribution in [0, 0.1) is 6.92 Å². The van der Waals surface area contributed by atoms with Crippen molar-refractivity contribution in [3.05, 3.63) is 11.9 Å². The van der Waals surface area contributed by atoms with Gasteiger partial charge in [0.15, 0.2) is 0 Å². The number of aromatic nitrogens is 2. The number of unbranched alkanes of at least 4 members (excludes halogenated alkanes) is 1. The zero-order chi connectivity index (χ0) is 9.68. The first-order valence-electron chi connectivity index (χ1n) is 5.05. The maximum atomic E-state index is 4.36. The molecule has 13 heavy (non-hydrogen) atoms. The summed E-state index contributed by atoms with van der Waals surface area (Å²) >= 11 is 0. The van der Waals surface area contributed by atoms with E-state index in [0.717, 1.165) is 18.8 Å². The first-order valence-corrected chi connectivity index (χ1v) is 5.05. The van der Waals surface area contributed by atoms with Gasteiger partial charge in [0, 0.05) is 19.3 Å². The molecule has 1 rings (SSSR count). The number of anilines is 1. The summed E-state index contributed by atoms with van der Waals surface area (Å²) in [5.74, 6) is 0. The van der Waals surface area contributed by atoms with Crippen LogP contribution in [-0.4, -0.2) is 16.3 Å². The molecule has 3 heteroatoms. The Morgan fingerprint density at radius 1 is 1.46 bits per heavy atom. The van der Waals surface area contributed by atoms with Crippen LogP contribution in [0.3, 0.4) is 0 Å². The van der Waals surface area contributed by atoms with Crippen LogP contribution in [0.25, 0.3) is 0 Å². The minimum Gasteiger partial charge on any atom is -0.382 e. The van der Waals surface area contributed by atoms with Crippen LogP contribution in [0.2, 0.25) is 0 Å². The second kappa shape index (κ2) is 4.90. The highest BCUT2D eigenvalue weighted by Crippen LogP contribution is 2.11. The lowest BCUT2D eigenvalue weighted by Crippen LogP contribution is -2.00. The molecule has 0 saturated heterocycles. The molecule has 0 spiro atoms. The molecule has 3 nitrogen and oxygen atoms in total. The molecule has 0 unspecified atom stereocenters. The Morgan fingerprint density at radius 2 is 2.23 bits per heavy atom. The zero-order valence-corrected chi connectivity index (χ0v) is 8.80. The number of hydrogen-bond acceptors (Lipinski definition) is 2. The fraction of sp³-hybridized carbons (Fsp3) is 0.700. The molecule has 74 valence electrons. The summed E-state index contributed by atoms with van der Waals surface area (Å²) in [5, 5.41) is 7.75. The topological polar surface area (TPSA) is 29.9 Å². The van der Waals surface area contributed by atoms with E-state index in [1.165, 1.54) is 18.5 Å². The summed E-state index contributed by atoms with van der Waals surface area (Å²) in [6.45, 7) is 8.33. The van der Waals surface area contributed by atoms with E-state index in [9.17, 15) is 0 Å². The van der Waals surface area contributed by atoms with Crippen molar-refractivity contribution in [2.75, 3.05) is 11.9 Å². The number of hydrogen-bond donors (Lipinski definition) is 1. The van der Waals surface area contributed by atoms with Gasteiger partial charge in [-0.25, -0.2) is 0 Å². The predicted molar refractivity (Wildman–Crippen MR) is 56.0 cm³/mol. The van der Waals surface area contributed by atoms with Crippen LogP contribution in [0.4, 0.5) is 5.69 Å². The molecule has 1 aromatic rings. The molecule has 0 aliphatic carbocycles. The van der Waals surface area contributed by atoms with E-state index in [1.54, 1.807) is 0 Å². The van der Waals surface area contributed by atoms with Crippen LogP contribution in [0.5, 0.6) is 0 Å². The molecule has 0 bridgehead atoms. The average Bonchev–Trinajstić information content (AvgIpc) is 2.48. The molecular weight excluding hydrogens is 162 g/mol. The Labute approximate surface area is 80.1 Å². The third kappa shape index (κ3) is 2.76. The van der Waals surface area contributed by atoms with Crippen molar-refractivity contribution in [2.24, 2.45) is 0 Å². The molecule has 1 heterocycles. The van der Waals surface area contributed by atoms with Crippen molar-refractivity contribution in [2.45, 2.75) is 40.2 Å². The molecule has 0 atom stereocenters. The molecule has 0 aliphatic heterocycles. The Hall–Kier alpha value is -0.990. The molecule has 0 radical (unpaired) electrons. The highest BCUT2D eigenvalue weighted by molar-refractivity contribution is 5.45. The molecule has 0 aliphatic rings. The van der Waals surface area contributed by atoms with Crippen LogP contribution < -0.4 is 5.32 Å². The summed E-state index contributed by atoms with van der Waals surface area (Å²) in [6, 6.07) is 0. The van der Waals surface area contributed by atoms with Crippen molar-refractivity contribution >= 4 is 5.69 Å². The average molecular weight is 181 g/mol. The maximum Gasteiger partial charge on any atom is 0.0825 e. The van der Waals surface area contributed by atoms with Gasteiger partial charge >= 0.3 is 0 Å². The third-order valence-corrected chi connectivity index (χ3v) is 2.12. The molecule has 0 saturated carbocycles. The Morgan fingerprint density at radius 3 is 2.77 bits per heavy atom. The molecular formula is C10H19N3. The SMILES string of the molecule is CCCCNc1cn(CC)nc1C. The van der Waals surface area contributed by atoms with E-state index >= 15 is 0 Å². The summed E-state index contributed by atoms with van der Waals surface area (Å²) in [6.07, 6.45) is 4.52. The van der Waals surface area contributed by atoms with Crippen molar-refractivity contribution in [3.8, 4) is 0 Å². The van der Waals surface area contributed by atoms with Crippen molar-refractivity contribution < 1.29 is 0 Å². The molecule has 1 aromatic heterocycles. The van der Waals surface area contributed by atoms with Crippen molar-refractivity contribution in [3.63, 3.8) is 0 Å². The normalized spacial score (nSPS) is 10.4. The highest BCUT2D eigenvalue weighted by Gasteiger charge is 2.01. The summed E-state index contributed by atoms with van der Waals surface area (Å²) < 4.78 is 1.96. The Kier molecular flexibility index (Phi) is 3.80. The first kappa shape index (κ1) is 10.1. The monoisotopic (exact) mass is 181 g/mol. The minimum absolute atomic E-state index is 0.941. The lowest BCUT2D eigenvalue weighted by molar-refractivity contribution is 0.653. The van der Waals surface area contributed by atoms with Gasteiger partial charge in [-0.1, -0.05) is 13.3 Å². The molecule has 0 fully saturated rings. The van der Waals surface area contributed by atoms with Gasteiger partial charge in [-0.2, -0.15) is 5.10 Å². The Bertz CT molecular complexity index is 253. The van der Waals surface area contributed by atoms with Crippen LogP contribution >= 0.6 is 0 Å². The maximum absolute atomic E-state index is 4.36. The largest absolute Gasteiger partial charge is 0.382 e. The zero-order valence-electron chi connectivity index (χ0n) is 8.80. The number of aryl methyl sites for hydroxylation is 2. The fourth-order valence-electron chi connectivity index (χ4n) is 1.25. The molecule has 0 amide bonds. The summed E-state index contributed by atoms with van der Waals surface area (Å²) in [7, 11) is 0. The standard InChI is InChI=1S/C10H19N3/c1-4-6-7-11-10-8-13(5-2)12-9(10)3/h8,11H,4-7H2,1-3H3. The minimum atomic E-state index is 0.941. The van der Waals surface area contributed by atoms with Gasteiger partial charge < -0.3 is 5.32 Å². The van der Waals surface area contributed by atoms with Crippen LogP contribution in [0.15, 0.2) is 6.20 Å². The second-order valence-electron chi connectivity index (χ2n) is 3.26. The predicted octanol–water partition coefficient (Wildman–Crippen LogP) is 2.42. The van der Waals surface area contributed by atoms with Gasteiger partial charge in [0.1, 0.15) is 0 Å². The van der Waals surface area contributed by atoms with Gasteiger partial charge in [-0.15, -0.1) is 0 Å². The van der Waals surface area contributed by atoms with Gasteiger partial charge in [0.25, 0.3) is 0 Å². The van der Waals surface area contributed by atoms with Crippen LogP contribution in [-0.2, 0) is 6.54 Å². The highest BCUT2D eigenvalue weighted by atomic mass is 15.3. The van der Waals surface area contributed by atoms with Gasteiger partial charge in [0.2, 0.25) is 0 Å². The van der Waals surface area contributed by atoms with E-state index in [2.05, 4.69) is 30.5 Å². The summed E-state index contributed by atoms with van der Waals surface area (Å²) in [4.78, 5) is 0. The fourth-order valence-corrected chi connectivity index (χ4v) is 1.25. The van der Waals surface area contributed by atoms with Crippen LogP contribution in [0.1, 0.15) is 32.4 Å². The molecule has 1 N–H and O–H groups in total. The second-order valence-corrected chi connectivity index (χ2v) is 3.26. The number of nitrogens with zero attached hydrogens (tertiary/aromatic N) is 2. The Balaban J connectivity index is 2.50. The smallest absolute Gasteiger partial charge is 0.0825 e. The van der Waals surface area contributed by atoms with E-state index in [-0.39, 0.29) is 0 Å². The molecule has 0 aromatic carbocycles. The van der Waals surface area contributed by atoms with Gasteiger partial charge in [-0.3, -0.25) is 4.68 Å². The van der Waals surface area contributed by atoms with Gasteiger partial charge in [-0.05, 0) is 20.3 Å². The van der Waals surface area contributed by atoms with Crippen molar-refractivity contribution in [1.82, 2.24) is 9.78 Å². The quantitative estimate of drug-likeness (QED) is 0.707. The number of nitrogens with one attached hydrogen (secondary N) is 1. The van der Waals surface area contributed by atoms with E-state index in [1.807, 2.05) is 11.6 Å². The van der Waals surface area contributed by atoms with E-state index in [0.29, 0.717) is 0 Å². The summed E-state index contributed by atoms with van der Waals surface area (Å²) in [5.41, 5.74) is 2.27. The van der Waals surface area contributed by atoms with E-state index in [4.69, 9.17) is 0 Å². The number of rotatable bonds is 5. The lowest BCUT2D eigenvalue weighted by atomic mass is 10.3. The first-order chi connectivity index (χ1) is 6.27.